The Kier molecular flexibility index (Phi) is 4.94. The van der Waals surface area contributed by atoms with Crippen molar-refractivity contribution in [1.82, 2.24) is 15.2 Å². The van der Waals surface area contributed by atoms with Crippen molar-refractivity contribution >= 4 is 40.9 Å². The summed E-state index contributed by atoms with van der Waals surface area (Å²) >= 11 is 0. The number of H-pyrrole nitrogens is 2. The summed E-state index contributed by atoms with van der Waals surface area (Å²) in [5, 5.41) is 19.6. The number of nitrogens with zero attached hydrogens (tertiary/aromatic N) is 2. The van der Waals surface area contributed by atoms with E-state index in [2.05, 4.69) is 27.3 Å². The molecule has 0 aliphatic rings. The highest BCUT2D eigenvalue weighted by Crippen LogP contribution is 2.26. The molecule has 0 spiro atoms. The molecule has 7 nitrogen and oxygen atoms in total. The average molecular weight is 386 g/mol. The van der Waals surface area contributed by atoms with Gasteiger partial charge >= 0.3 is 0 Å². The van der Waals surface area contributed by atoms with Crippen molar-refractivity contribution in [2.45, 2.75) is 0 Å². The van der Waals surface area contributed by atoms with Crippen LogP contribution in [0.3, 0.4) is 0 Å². The van der Waals surface area contributed by atoms with Gasteiger partial charge in [-0.25, -0.2) is 0 Å². The minimum atomic E-state index is -0.415. The van der Waals surface area contributed by atoms with E-state index in [9.17, 15) is 10.1 Å². The van der Waals surface area contributed by atoms with E-state index >= 15 is 0 Å². The van der Waals surface area contributed by atoms with Crippen LogP contribution in [0.1, 0.15) is 22.5 Å². The van der Waals surface area contributed by atoms with Crippen molar-refractivity contribution in [3.63, 3.8) is 0 Å². The molecule has 0 fully saturated rings. The number of rotatable bonds is 6. The van der Waals surface area contributed by atoms with Crippen LogP contribution in [0.2, 0.25) is 0 Å². The normalized spacial score (nSPS) is 11.6. The summed E-state index contributed by atoms with van der Waals surface area (Å²) in [6.45, 7) is 0. The zero-order valence-electron chi connectivity index (χ0n) is 15.6. The number of methoxy groups -OCH3 is 1. The molecule has 2 N–H and O–H groups in total. The number of ether oxygens (including phenoxy) is 1. The number of aromatic amines is 2. The largest absolute Gasteiger partial charge is 0.497 e. The maximum atomic E-state index is 11.2. The second-order valence-corrected chi connectivity index (χ2v) is 6.42. The highest BCUT2D eigenvalue weighted by molar-refractivity contribution is 5.83. The Hall–Kier alpha value is -4.13. The van der Waals surface area contributed by atoms with Crippen LogP contribution in [0.15, 0.2) is 54.7 Å². The minimum absolute atomic E-state index is 0.0152. The smallest absolute Gasteiger partial charge is 0.276 e. The first kappa shape index (κ1) is 18.2. The average Bonchev–Trinajstić information content (AvgIpc) is 3.39. The molecule has 0 bridgehead atoms. The van der Waals surface area contributed by atoms with Crippen molar-refractivity contribution in [2.24, 2.45) is 0 Å². The first-order chi connectivity index (χ1) is 14.1. The Labute approximate surface area is 166 Å². The van der Waals surface area contributed by atoms with Gasteiger partial charge in [-0.05, 0) is 59.5 Å². The molecule has 0 atom stereocenters. The fourth-order valence-corrected chi connectivity index (χ4v) is 3.01. The van der Waals surface area contributed by atoms with Crippen molar-refractivity contribution in [1.29, 1.82) is 0 Å². The van der Waals surface area contributed by atoms with Gasteiger partial charge in [0.2, 0.25) is 0 Å². The van der Waals surface area contributed by atoms with Gasteiger partial charge in [0.1, 0.15) is 5.75 Å². The summed E-state index contributed by atoms with van der Waals surface area (Å²) in [6, 6.07) is 14.7. The van der Waals surface area contributed by atoms with E-state index in [0.717, 1.165) is 22.5 Å². The molecule has 0 aliphatic heterocycles. The number of aromatic nitrogens is 3. The molecule has 0 saturated carbocycles. The fourth-order valence-electron chi connectivity index (χ4n) is 3.01. The van der Waals surface area contributed by atoms with Crippen LogP contribution in [0, 0.1) is 10.1 Å². The zero-order valence-corrected chi connectivity index (χ0v) is 15.6. The van der Waals surface area contributed by atoms with Crippen LogP contribution in [-0.4, -0.2) is 27.2 Å². The maximum absolute atomic E-state index is 11.2. The number of hydrogen-bond acceptors (Lipinski definition) is 4. The molecular weight excluding hydrogens is 368 g/mol. The lowest BCUT2D eigenvalue weighted by Gasteiger charge is -2.02. The first-order valence-corrected chi connectivity index (χ1v) is 8.93. The SMILES string of the molecule is COc1ccc([N+](=O)[O-])c(C=Cc2cc(C=Cc3ccc4cc[nH]c4c3)n[nH]2)c1. The lowest BCUT2D eigenvalue weighted by Crippen LogP contribution is -1.92. The van der Waals surface area contributed by atoms with E-state index in [1.807, 2.05) is 36.5 Å². The summed E-state index contributed by atoms with van der Waals surface area (Å²) in [4.78, 5) is 14.0. The second-order valence-electron chi connectivity index (χ2n) is 6.42. The molecule has 0 saturated heterocycles. The predicted molar refractivity (Wildman–Crippen MR) is 114 cm³/mol. The molecule has 7 heteroatoms. The van der Waals surface area contributed by atoms with Gasteiger partial charge in [-0.3, -0.25) is 15.2 Å². The maximum Gasteiger partial charge on any atom is 0.276 e. The Bertz CT molecular complexity index is 1230. The van der Waals surface area contributed by atoms with Gasteiger partial charge in [-0.2, -0.15) is 5.10 Å². The molecule has 0 unspecified atom stereocenters. The fraction of sp³-hybridized carbons (Fsp3) is 0.0455. The number of nitro groups is 1. The predicted octanol–water partition coefficient (Wildman–Crippen LogP) is 5.15. The van der Waals surface area contributed by atoms with Gasteiger partial charge in [-0.15, -0.1) is 0 Å². The van der Waals surface area contributed by atoms with Crippen LogP contribution in [-0.2, 0) is 0 Å². The lowest BCUT2D eigenvalue weighted by molar-refractivity contribution is -0.385. The molecule has 2 aromatic carbocycles. The molecule has 0 radical (unpaired) electrons. The number of hydrogen-bond donors (Lipinski definition) is 2. The molecule has 0 amide bonds. The zero-order chi connectivity index (χ0) is 20.2. The van der Waals surface area contributed by atoms with Gasteiger partial charge in [-0.1, -0.05) is 18.2 Å². The monoisotopic (exact) mass is 386 g/mol. The standard InChI is InChI=1S/C22H18N4O3/c1-29-20-8-9-22(26(27)28)17(13-20)5-7-19-14-18(24-25-19)6-3-15-2-4-16-10-11-23-21(16)12-15/h2-14,23H,1H3,(H,24,25). The summed E-state index contributed by atoms with van der Waals surface area (Å²) in [5.41, 5.74) is 4.12. The summed E-state index contributed by atoms with van der Waals surface area (Å²) in [5.74, 6) is 0.558. The quantitative estimate of drug-likeness (QED) is 0.354. The van der Waals surface area contributed by atoms with E-state index in [4.69, 9.17) is 4.74 Å². The van der Waals surface area contributed by atoms with Crippen molar-refractivity contribution in [3.05, 3.63) is 87.4 Å². The van der Waals surface area contributed by atoms with E-state index in [0.29, 0.717) is 11.3 Å². The number of nitro benzene ring substituents is 1. The highest BCUT2D eigenvalue weighted by atomic mass is 16.6. The van der Waals surface area contributed by atoms with E-state index in [1.165, 1.54) is 18.6 Å². The van der Waals surface area contributed by atoms with Gasteiger partial charge in [0.25, 0.3) is 5.69 Å². The number of benzene rings is 2. The molecule has 29 heavy (non-hydrogen) atoms. The van der Waals surface area contributed by atoms with E-state index in [-0.39, 0.29) is 5.69 Å². The van der Waals surface area contributed by atoms with Crippen LogP contribution >= 0.6 is 0 Å². The first-order valence-electron chi connectivity index (χ1n) is 8.93. The van der Waals surface area contributed by atoms with Crippen LogP contribution in [0.25, 0.3) is 35.2 Å². The molecule has 0 aliphatic carbocycles. The summed E-state index contributed by atoms with van der Waals surface area (Å²) < 4.78 is 5.15. The van der Waals surface area contributed by atoms with Crippen LogP contribution in [0.5, 0.6) is 5.75 Å². The summed E-state index contributed by atoms with van der Waals surface area (Å²) in [6.07, 6.45) is 9.22. The lowest BCUT2D eigenvalue weighted by atomic mass is 10.1. The Morgan fingerprint density at radius 2 is 1.93 bits per heavy atom. The Morgan fingerprint density at radius 1 is 1.03 bits per heavy atom. The van der Waals surface area contributed by atoms with Crippen molar-refractivity contribution in [3.8, 4) is 5.75 Å². The Morgan fingerprint density at radius 3 is 2.76 bits per heavy atom. The van der Waals surface area contributed by atoms with Gasteiger partial charge in [0.15, 0.2) is 0 Å². The van der Waals surface area contributed by atoms with Gasteiger partial charge in [0, 0.05) is 17.8 Å². The van der Waals surface area contributed by atoms with Gasteiger partial charge in [0.05, 0.1) is 29.0 Å². The van der Waals surface area contributed by atoms with Crippen LogP contribution < -0.4 is 4.74 Å². The molecule has 4 aromatic rings. The van der Waals surface area contributed by atoms with Crippen LogP contribution in [0.4, 0.5) is 5.69 Å². The number of fused-ring (bicyclic) bond motifs is 1. The third-order valence-corrected chi connectivity index (χ3v) is 4.52. The van der Waals surface area contributed by atoms with E-state index < -0.39 is 4.92 Å². The second kappa shape index (κ2) is 7.85. The molecule has 144 valence electrons. The highest BCUT2D eigenvalue weighted by Gasteiger charge is 2.12. The Balaban J connectivity index is 1.52. The molecule has 2 aromatic heterocycles. The third-order valence-electron chi connectivity index (χ3n) is 4.52. The molecular formula is C22H18N4O3. The van der Waals surface area contributed by atoms with E-state index in [1.54, 1.807) is 24.3 Å². The number of nitrogens with one attached hydrogen (secondary N) is 2. The van der Waals surface area contributed by atoms with Crippen molar-refractivity contribution < 1.29 is 9.66 Å². The van der Waals surface area contributed by atoms with Crippen molar-refractivity contribution in [2.75, 3.05) is 7.11 Å². The topological polar surface area (TPSA) is 96.8 Å². The summed E-state index contributed by atoms with van der Waals surface area (Å²) in [7, 11) is 1.52. The third kappa shape index (κ3) is 4.08. The molecule has 2 heterocycles. The van der Waals surface area contributed by atoms with Gasteiger partial charge < -0.3 is 9.72 Å². The minimum Gasteiger partial charge on any atom is -0.497 e. The molecule has 4 rings (SSSR count).